The predicted octanol–water partition coefficient (Wildman–Crippen LogP) is 4.15. The molecule has 1 heterocycles. The topological polar surface area (TPSA) is 59.2 Å². The highest BCUT2D eigenvalue weighted by molar-refractivity contribution is 7.99. The van der Waals surface area contributed by atoms with Crippen molar-refractivity contribution in [2.75, 3.05) is 5.75 Å². The molecular formula is C17H14F2N2O2S. The number of hydrogen-bond donors (Lipinski definition) is 1. The van der Waals surface area contributed by atoms with Gasteiger partial charge in [-0.05, 0) is 24.6 Å². The number of halogens is 2. The summed E-state index contributed by atoms with van der Waals surface area (Å²) in [5.41, 5.74) is 1.87. The summed E-state index contributed by atoms with van der Waals surface area (Å²) < 4.78 is 32.1. The summed E-state index contributed by atoms with van der Waals surface area (Å²) in [6.45, 7) is 1.94. The molecule has 1 atom stereocenters. The smallest absolute Gasteiger partial charge is 0.276 e. The third kappa shape index (κ3) is 3.63. The maximum absolute atomic E-state index is 13.6. The number of hydrogen-bond acceptors (Lipinski definition) is 5. The van der Waals surface area contributed by atoms with Gasteiger partial charge in [-0.1, -0.05) is 36.0 Å². The second kappa shape index (κ2) is 7.11. The van der Waals surface area contributed by atoms with E-state index >= 15 is 0 Å². The first-order valence-corrected chi connectivity index (χ1v) is 8.18. The van der Waals surface area contributed by atoms with Gasteiger partial charge in [0.2, 0.25) is 5.89 Å². The number of nitrogens with zero attached hydrogens (tertiary/aromatic N) is 2. The van der Waals surface area contributed by atoms with Crippen LogP contribution >= 0.6 is 11.8 Å². The molecule has 1 unspecified atom stereocenters. The zero-order valence-electron chi connectivity index (χ0n) is 12.7. The molecular weight excluding hydrogens is 334 g/mol. The molecule has 0 aliphatic heterocycles. The Labute approximate surface area is 141 Å². The van der Waals surface area contributed by atoms with Crippen molar-refractivity contribution in [3.63, 3.8) is 0 Å². The van der Waals surface area contributed by atoms with Crippen LogP contribution in [0.15, 0.2) is 52.1 Å². The molecule has 0 amide bonds. The van der Waals surface area contributed by atoms with Gasteiger partial charge >= 0.3 is 0 Å². The first-order valence-electron chi connectivity index (χ1n) is 7.20. The third-order valence-corrected chi connectivity index (χ3v) is 4.36. The molecule has 24 heavy (non-hydrogen) atoms. The largest absolute Gasteiger partial charge is 0.411 e. The molecule has 0 aliphatic carbocycles. The standard InChI is InChI=1S/C17H14F2N2O2S/c1-10-4-2-3-5-12(10)16-20-21-17(23-16)24-9-15(22)13-7-6-11(18)8-14(13)19/h2-8,15,22H,9H2,1H3. The minimum absolute atomic E-state index is 0.0301. The molecule has 0 spiro atoms. The van der Waals surface area contributed by atoms with E-state index in [-0.39, 0.29) is 16.5 Å². The Balaban J connectivity index is 1.68. The number of aryl methyl sites for hydroxylation is 1. The number of aliphatic hydroxyl groups is 1. The van der Waals surface area contributed by atoms with Gasteiger partial charge in [0.1, 0.15) is 11.6 Å². The first kappa shape index (κ1) is 16.6. The van der Waals surface area contributed by atoms with Crippen LogP contribution in [-0.4, -0.2) is 21.1 Å². The van der Waals surface area contributed by atoms with Crippen LogP contribution in [0.25, 0.3) is 11.5 Å². The third-order valence-electron chi connectivity index (χ3n) is 3.47. The van der Waals surface area contributed by atoms with Crippen LogP contribution in [0.4, 0.5) is 8.78 Å². The summed E-state index contributed by atoms with van der Waals surface area (Å²) >= 11 is 1.11. The van der Waals surface area contributed by atoms with Crippen LogP contribution in [0.3, 0.4) is 0 Å². The Kier molecular flexibility index (Phi) is 4.92. The van der Waals surface area contributed by atoms with E-state index < -0.39 is 17.7 Å². The molecule has 0 saturated carbocycles. The Morgan fingerprint density at radius 3 is 2.71 bits per heavy atom. The van der Waals surface area contributed by atoms with Gasteiger partial charge in [0.15, 0.2) is 0 Å². The van der Waals surface area contributed by atoms with Crippen molar-refractivity contribution in [1.29, 1.82) is 0 Å². The normalized spacial score (nSPS) is 12.3. The molecule has 124 valence electrons. The minimum atomic E-state index is -1.11. The maximum atomic E-state index is 13.6. The molecule has 0 aliphatic rings. The molecule has 0 radical (unpaired) electrons. The second-order valence-electron chi connectivity index (χ2n) is 5.18. The van der Waals surface area contributed by atoms with E-state index in [2.05, 4.69) is 10.2 Å². The number of aromatic nitrogens is 2. The monoisotopic (exact) mass is 348 g/mol. The van der Waals surface area contributed by atoms with Gasteiger partial charge < -0.3 is 9.52 Å². The molecule has 0 saturated heterocycles. The highest BCUT2D eigenvalue weighted by Gasteiger charge is 2.17. The lowest BCUT2D eigenvalue weighted by Crippen LogP contribution is -2.04. The fourth-order valence-corrected chi connectivity index (χ4v) is 2.92. The molecule has 0 fully saturated rings. The van der Waals surface area contributed by atoms with Crippen molar-refractivity contribution in [1.82, 2.24) is 10.2 Å². The highest BCUT2D eigenvalue weighted by atomic mass is 32.2. The van der Waals surface area contributed by atoms with E-state index in [1.165, 1.54) is 6.07 Å². The molecule has 4 nitrogen and oxygen atoms in total. The van der Waals surface area contributed by atoms with Crippen LogP contribution in [0, 0.1) is 18.6 Å². The summed E-state index contributed by atoms with van der Waals surface area (Å²) in [6.07, 6.45) is -1.11. The summed E-state index contributed by atoms with van der Waals surface area (Å²) in [5, 5.41) is 18.2. The lowest BCUT2D eigenvalue weighted by molar-refractivity contribution is 0.198. The van der Waals surface area contributed by atoms with E-state index in [1.54, 1.807) is 0 Å². The number of rotatable bonds is 5. The summed E-state index contributed by atoms with van der Waals surface area (Å²) in [7, 11) is 0. The van der Waals surface area contributed by atoms with Gasteiger partial charge in [-0.15, -0.1) is 10.2 Å². The zero-order chi connectivity index (χ0) is 17.1. The van der Waals surface area contributed by atoms with Gasteiger partial charge in [0.05, 0.1) is 6.10 Å². The van der Waals surface area contributed by atoms with E-state index in [0.717, 1.165) is 35.0 Å². The molecule has 3 aromatic rings. The minimum Gasteiger partial charge on any atom is -0.411 e. The van der Waals surface area contributed by atoms with Crippen LogP contribution in [-0.2, 0) is 0 Å². The molecule has 7 heteroatoms. The van der Waals surface area contributed by atoms with Gasteiger partial charge in [-0.25, -0.2) is 8.78 Å². The van der Waals surface area contributed by atoms with Crippen molar-refractivity contribution in [3.8, 4) is 11.5 Å². The Morgan fingerprint density at radius 1 is 1.17 bits per heavy atom. The predicted molar refractivity (Wildman–Crippen MR) is 86.5 cm³/mol. The molecule has 1 aromatic heterocycles. The number of aliphatic hydroxyl groups excluding tert-OH is 1. The maximum Gasteiger partial charge on any atom is 0.276 e. The van der Waals surface area contributed by atoms with Crippen molar-refractivity contribution in [2.24, 2.45) is 0 Å². The van der Waals surface area contributed by atoms with E-state index in [0.29, 0.717) is 5.89 Å². The molecule has 0 bridgehead atoms. The van der Waals surface area contributed by atoms with Crippen molar-refractivity contribution in [3.05, 3.63) is 65.2 Å². The van der Waals surface area contributed by atoms with E-state index in [9.17, 15) is 13.9 Å². The summed E-state index contributed by atoms with van der Waals surface area (Å²) in [6, 6.07) is 10.7. The van der Waals surface area contributed by atoms with Gasteiger partial charge in [0, 0.05) is 22.9 Å². The number of benzene rings is 2. The quantitative estimate of drug-likeness (QED) is 0.702. The van der Waals surface area contributed by atoms with Crippen LogP contribution < -0.4 is 0 Å². The van der Waals surface area contributed by atoms with Gasteiger partial charge in [0.25, 0.3) is 5.22 Å². The zero-order valence-corrected chi connectivity index (χ0v) is 13.6. The average Bonchev–Trinajstić information content (AvgIpc) is 3.02. The van der Waals surface area contributed by atoms with Gasteiger partial charge in [-0.2, -0.15) is 0 Å². The Morgan fingerprint density at radius 2 is 1.96 bits per heavy atom. The second-order valence-corrected chi connectivity index (χ2v) is 6.15. The van der Waals surface area contributed by atoms with Crippen LogP contribution in [0.5, 0.6) is 0 Å². The fraction of sp³-hybridized carbons (Fsp3) is 0.176. The Bertz CT molecular complexity index is 854. The van der Waals surface area contributed by atoms with E-state index in [1.807, 2.05) is 31.2 Å². The van der Waals surface area contributed by atoms with Crippen molar-refractivity contribution >= 4 is 11.8 Å². The SMILES string of the molecule is Cc1ccccc1-c1nnc(SCC(O)c2ccc(F)cc2F)o1. The highest BCUT2D eigenvalue weighted by Crippen LogP contribution is 2.29. The average molecular weight is 348 g/mol. The summed E-state index contributed by atoms with van der Waals surface area (Å²) in [5.74, 6) is -0.971. The lowest BCUT2D eigenvalue weighted by atomic mass is 10.1. The lowest BCUT2D eigenvalue weighted by Gasteiger charge is -2.10. The van der Waals surface area contributed by atoms with E-state index in [4.69, 9.17) is 4.42 Å². The summed E-state index contributed by atoms with van der Waals surface area (Å²) in [4.78, 5) is 0. The van der Waals surface area contributed by atoms with Crippen LogP contribution in [0.2, 0.25) is 0 Å². The van der Waals surface area contributed by atoms with Crippen molar-refractivity contribution < 1.29 is 18.3 Å². The Hall–Kier alpha value is -2.25. The van der Waals surface area contributed by atoms with Crippen LogP contribution in [0.1, 0.15) is 17.2 Å². The fourth-order valence-electron chi connectivity index (χ4n) is 2.20. The van der Waals surface area contributed by atoms with Gasteiger partial charge in [-0.3, -0.25) is 0 Å². The molecule has 2 aromatic carbocycles. The number of thioether (sulfide) groups is 1. The first-order chi connectivity index (χ1) is 11.5. The molecule has 1 N–H and O–H groups in total. The van der Waals surface area contributed by atoms with Crippen molar-refractivity contribution in [2.45, 2.75) is 18.3 Å². The molecule has 3 rings (SSSR count).